The fraction of sp³-hybridized carbons (Fsp3) is 0.250. The monoisotopic (exact) mass is 334 g/mol. The molecule has 122 valence electrons. The molecule has 0 radical (unpaired) electrons. The van der Waals surface area contributed by atoms with Crippen LogP contribution in [0.5, 0.6) is 5.75 Å². The first-order valence-electron chi connectivity index (χ1n) is 7.09. The zero-order chi connectivity index (χ0) is 16.8. The van der Waals surface area contributed by atoms with Crippen molar-refractivity contribution in [2.75, 3.05) is 11.9 Å². The minimum absolute atomic E-state index is 0.106. The number of aryl methyl sites for hydroxylation is 1. The van der Waals surface area contributed by atoms with Crippen LogP contribution in [0, 0.1) is 6.92 Å². The van der Waals surface area contributed by atoms with Crippen LogP contribution in [0.1, 0.15) is 27.7 Å². The van der Waals surface area contributed by atoms with Crippen LogP contribution in [0.15, 0.2) is 29.6 Å². The molecule has 23 heavy (non-hydrogen) atoms. The molecule has 3 N–H and O–H groups in total. The molecule has 0 aliphatic carbocycles. The molecule has 2 aromatic rings. The fourth-order valence-corrected chi connectivity index (χ4v) is 2.67. The topological polar surface area (TPSA) is 87.7 Å². The largest absolute Gasteiger partial charge is 0.494 e. The van der Waals surface area contributed by atoms with Gasteiger partial charge in [-0.25, -0.2) is 9.59 Å². The van der Waals surface area contributed by atoms with Gasteiger partial charge in [0, 0.05) is 6.54 Å². The summed E-state index contributed by atoms with van der Waals surface area (Å²) in [6.07, 6.45) is 0. The lowest BCUT2D eigenvalue weighted by molar-refractivity contribution is 0.0703. The Labute approximate surface area is 138 Å². The van der Waals surface area contributed by atoms with Crippen LogP contribution in [0.4, 0.5) is 10.5 Å². The van der Waals surface area contributed by atoms with Crippen molar-refractivity contribution in [2.24, 2.45) is 0 Å². The normalized spacial score (nSPS) is 10.2. The number of anilines is 1. The molecule has 0 atom stereocenters. The summed E-state index contributed by atoms with van der Waals surface area (Å²) >= 11 is 1.06. The summed E-state index contributed by atoms with van der Waals surface area (Å²) in [5, 5.41) is 15.9. The summed E-state index contributed by atoms with van der Waals surface area (Å²) < 4.78 is 5.52. The highest BCUT2D eigenvalue weighted by Crippen LogP contribution is 2.22. The third-order valence-electron chi connectivity index (χ3n) is 3.11. The lowest BCUT2D eigenvalue weighted by atomic mass is 10.1. The number of nitrogens with one attached hydrogen (secondary N) is 2. The number of aromatic carboxylic acids is 1. The second kappa shape index (κ2) is 7.64. The maximum Gasteiger partial charge on any atom is 0.348 e. The van der Waals surface area contributed by atoms with Crippen LogP contribution in [0.3, 0.4) is 0 Å². The summed E-state index contributed by atoms with van der Waals surface area (Å²) in [6, 6.07) is 6.83. The van der Waals surface area contributed by atoms with Gasteiger partial charge in [-0.15, -0.1) is 11.3 Å². The van der Waals surface area contributed by atoms with E-state index in [1.165, 1.54) is 0 Å². The zero-order valence-electron chi connectivity index (χ0n) is 12.9. The summed E-state index contributed by atoms with van der Waals surface area (Å²) in [5.74, 6) is -0.270. The third kappa shape index (κ3) is 4.46. The Morgan fingerprint density at radius 1 is 1.30 bits per heavy atom. The maximum atomic E-state index is 11.9. The van der Waals surface area contributed by atoms with Crippen molar-refractivity contribution >= 4 is 29.0 Å². The predicted molar refractivity (Wildman–Crippen MR) is 89.5 cm³/mol. The minimum atomic E-state index is -1.06. The smallest absolute Gasteiger partial charge is 0.348 e. The van der Waals surface area contributed by atoms with Gasteiger partial charge in [0.1, 0.15) is 10.6 Å². The Balaban J connectivity index is 1.95. The number of thiophene rings is 1. The molecule has 0 spiro atoms. The molecule has 0 unspecified atom stereocenters. The molecule has 0 bridgehead atoms. The van der Waals surface area contributed by atoms with Crippen molar-refractivity contribution in [3.8, 4) is 5.75 Å². The van der Waals surface area contributed by atoms with Crippen molar-refractivity contribution in [1.29, 1.82) is 0 Å². The molecule has 0 saturated carbocycles. The number of benzene rings is 1. The van der Waals surface area contributed by atoms with Gasteiger partial charge in [0.05, 0.1) is 12.3 Å². The molecule has 1 aromatic heterocycles. The summed E-state index contributed by atoms with van der Waals surface area (Å²) in [5.41, 5.74) is 2.22. The SMILES string of the molecule is CCOc1cc(CNC(=O)Nc2ccsc2C(=O)O)ccc1C. The fourth-order valence-electron chi connectivity index (χ4n) is 1.99. The third-order valence-corrected chi connectivity index (χ3v) is 4.02. The molecule has 0 saturated heterocycles. The lowest BCUT2D eigenvalue weighted by Gasteiger charge is -2.11. The lowest BCUT2D eigenvalue weighted by Crippen LogP contribution is -2.28. The molecule has 2 rings (SSSR count). The van der Waals surface area contributed by atoms with Gasteiger partial charge in [-0.2, -0.15) is 0 Å². The van der Waals surface area contributed by atoms with Crippen LogP contribution in [0.2, 0.25) is 0 Å². The maximum absolute atomic E-state index is 11.9. The number of carbonyl (C=O) groups is 2. The van der Waals surface area contributed by atoms with Gasteiger partial charge in [0.2, 0.25) is 0 Å². The average molecular weight is 334 g/mol. The number of hydrogen-bond donors (Lipinski definition) is 3. The van der Waals surface area contributed by atoms with E-state index >= 15 is 0 Å². The van der Waals surface area contributed by atoms with E-state index in [4.69, 9.17) is 9.84 Å². The highest BCUT2D eigenvalue weighted by atomic mass is 32.1. The molecule has 0 fully saturated rings. The van der Waals surface area contributed by atoms with Crippen LogP contribution < -0.4 is 15.4 Å². The standard InChI is InChI=1S/C16H18N2O4S/c1-3-22-13-8-11(5-4-10(13)2)9-17-16(21)18-12-6-7-23-14(12)15(19)20/h4-8H,3,9H2,1-2H3,(H,19,20)(H2,17,18,21). The van der Waals surface area contributed by atoms with Gasteiger partial charge in [-0.05, 0) is 42.5 Å². The van der Waals surface area contributed by atoms with Crippen LogP contribution in [0.25, 0.3) is 0 Å². The van der Waals surface area contributed by atoms with Gasteiger partial charge >= 0.3 is 12.0 Å². The van der Waals surface area contributed by atoms with Crippen molar-refractivity contribution < 1.29 is 19.4 Å². The van der Waals surface area contributed by atoms with Crippen molar-refractivity contribution in [1.82, 2.24) is 5.32 Å². The zero-order valence-corrected chi connectivity index (χ0v) is 13.7. The number of amides is 2. The molecule has 1 heterocycles. The van der Waals surface area contributed by atoms with Crippen molar-refractivity contribution in [3.63, 3.8) is 0 Å². The number of carboxylic acids is 1. The first kappa shape index (κ1) is 16.8. The quantitative estimate of drug-likeness (QED) is 0.755. The molecular weight excluding hydrogens is 316 g/mol. The van der Waals surface area contributed by atoms with Gasteiger partial charge < -0.3 is 20.5 Å². The Bertz CT molecular complexity index is 712. The molecule has 2 amide bonds. The van der Waals surface area contributed by atoms with Crippen molar-refractivity contribution in [3.05, 3.63) is 45.6 Å². The van der Waals surface area contributed by atoms with E-state index in [-0.39, 0.29) is 4.88 Å². The number of carbonyl (C=O) groups excluding carboxylic acids is 1. The number of rotatable bonds is 6. The second-order valence-electron chi connectivity index (χ2n) is 4.81. The highest BCUT2D eigenvalue weighted by Gasteiger charge is 2.13. The molecule has 0 aliphatic heterocycles. The number of ether oxygens (including phenoxy) is 1. The van der Waals surface area contributed by atoms with Crippen molar-refractivity contribution in [2.45, 2.75) is 20.4 Å². The number of hydrogen-bond acceptors (Lipinski definition) is 4. The van der Waals surface area contributed by atoms with Gasteiger partial charge in [-0.1, -0.05) is 12.1 Å². The number of urea groups is 1. The predicted octanol–water partition coefficient (Wildman–Crippen LogP) is 3.48. The van der Waals surface area contributed by atoms with E-state index < -0.39 is 12.0 Å². The molecule has 7 heteroatoms. The molecule has 1 aromatic carbocycles. The van der Waals surface area contributed by atoms with E-state index in [9.17, 15) is 9.59 Å². The Morgan fingerprint density at radius 2 is 2.09 bits per heavy atom. The second-order valence-corrected chi connectivity index (χ2v) is 5.73. The summed E-state index contributed by atoms with van der Waals surface area (Å²) in [7, 11) is 0. The Kier molecular flexibility index (Phi) is 5.59. The molecular formula is C16H18N2O4S. The Hall–Kier alpha value is -2.54. The van der Waals surface area contributed by atoms with E-state index in [2.05, 4.69) is 10.6 Å². The van der Waals surface area contributed by atoms with Crippen LogP contribution in [-0.2, 0) is 6.54 Å². The van der Waals surface area contributed by atoms with Gasteiger partial charge in [0.25, 0.3) is 0 Å². The highest BCUT2D eigenvalue weighted by molar-refractivity contribution is 7.12. The van der Waals surface area contributed by atoms with Crippen LogP contribution >= 0.6 is 11.3 Å². The molecule has 0 aliphatic rings. The minimum Gasteiger partial charge on any atom is -0.494 e. The van der Waals surface area contributed by atoms with E-state index in [1.54, 1.807) is 11.4 Å². The first-order chi connectivity index (χ1) is 11.0. The average Bonchev–Trinajstić information content (AvgIpc) is 2.96. The van der Waals surface area contributed by atoms with Gasteiger partial charge in [-0.3, -0.25) is 0 Å². The van der Waals surface area contributed by atoms with Gasteiger partial charge in [0.15, 0.2) is 0 Å². The molecule has 6 nitrogen and oxygen atoms in total. The Morgan fingerprint density at radius 3 is 2.78 bits per heavy atom. The van der Waals surface area contributed by atoms with E-state index in [1.807, 2.05) is 32.0 Å². The van der Waals surface area contributed by atoms with E-state index in [0.717, 1.165) is 28.2 Å². The summed E-state index contributed by atoms with van der Waals surface area (Å²) in [6.45, 7) is 4.77. The summed E-state index contributed by atoms with van der Waals surface area (Å²) in [4.78, 5) is 23.0. The number of carboxylic acid groups (broad SMARTS) is 1. The van der Waals surface area contributed by atoms with E-state index in [0.29, 0.717) is 18.8 Å². The van der Waals surface area contributed by atoms with Crippen LogP contribution in [-0.4, -0.2) is 23.7 Å². The first-order valence-corrected chi connectivity index (χ1v) is 7.97.